The van der Waals surface area contributed by atoms with Crippen LogP contribution in [0.5, 0.6) is 0 Å². The van der Waals surface area contributed by atoms with Gasteiger partial charge in [0.15, 0.2) is 0 Å². The molecule has 0 saturated carbocycles. The molecule has 0 aromatic heterocycles. The maximum Gasteiger partial charge on any atom is -0.0277 e. The van der Waals surface area contributed by atoms with Crippen molar-refractivity contribution in [2.45, 2.75) is 73.1 Å². The number of rotatable bonds is 6. The summed E-state index contributed by atoms with van der Waals surface area (Å²) in [6, 6.07) is 0. The van der Waals surface area contributed by atoms with E-state index in [0.29, 0.717) is 5.41 Å². The maximum atomic E-state index is 3.84. The van der Waals surface area contributed by atoms with Gasteiger partial charge in [-0.2, -0.15) is 0 Å². The predicted octanol–water partition coefficient (Wildman–Crippen LogP) is 6.14. The minimum Gasteiger partial charge on any atom is -0.103 e. The molecule has 16 heavy (non-hydrogen) atoms. The lowest BCUT2D eigenvalue weighted by atomic mass is 9.89. The van der Waals surface area contributed by atoms with Gasteiger partial charge in [-0.25, -0.2) is 0 Å². The molecule has 0 aliphatic heterocycles. The largest absolute Gasteiger partial charge is 0.103 e. The fourth-order valence-electron chi connectivity index (χ4n) is 1.62. The van der Waals surface area contributed by atoms with E-state index in [-0.39, 0.29) is 0 Å². The summed E-state index contributed by atoms with van der Waals surface area (Å²) in [6.07, 6.45) is 9.74. The molecule has 0 nitrogen and oxygen atoms in total. The SMILES string of the molecule is C=C(C)CC(C)(C)C.C=CCCCCCC. The van der Waals surface area contributed by atoms with Crippen LogP contribution in [-0.2, 0) is 0 Å². The smallest absolute Gasteiger partial charge is 0.0277 e. The molecule has 0 fully saturated rings. The number of allylic oxidation sites excluding steroid dienone is 2. The Morgan fingerprint density at radius 1 is 1.12 bits per heavy atom. The van der Waals surface area contributed by atoms with Crippen LogP contribution in [0, 0.1) is 5.41 Å². The van der Waals surface area contributed by atoms with Crippen LogP contribution in [0.25, 0.3) is 0 Å². The average molecular weight is 224 g/mol. The van der Waals surface area contributed by atoms with Crippen LogP contribution in [0.3, 0.4) is 0 Å². The van der Waals surface area contributed by atoms with Crippen molar-refractivity contribution in [3.63, 3.8) is 0 Å². The lowest BCUT2D eigenvalue weighted by molar-refractivity contribution is 0.410. The van der Waals surface area contributed by atoms with Gasteiger partial charge in [0.05, 0.1) is 0 Å². The third kappa shape index (κ3) is 23.4. The molecule has 0 aromatic rings. The fraction of sp³-hybridized carbons (Fsp3) is 0.750. The summed E-state index contributed by atoms with van der Waals surface area (Å²) in [6.45, 7) is 18.5. The average Bonchev–Trinajstić information content (AvgIpc) is 2.09. The molecular formula is C16H32. The van der Waals surface area contributed by atoms with Gasteiger partial charge in [0.25, 0.3) is 0 Å². The molecule has 0 aliphatic carbocycles. The third-order valence-electron chi connectivity index (χ3n) is 2.09. The molecule has 0 heterocycles. The molecule has 0 aliphatic rings. The van der Waals surface area contributed by atoms with Gasteiger partial charge in [-0.15, -0.1) is 13.2 Å². The van der Waals surface area contributed by atoms with Gasteiger partial charge >= 0.3 is 0 Å². The van der Waals surface area contributed by atoms with E-state index in [1.54, 1.807) is 0 Å². The van der Waals surface area contributed by atoms with Crippen LogP contribution in [0.15, 0.2) is 24.8 Å². The second-order valence-corrected chi connectivity index (χ2v) is 5.83. The lowest BCUT2D eigenvalue weighted by Crippen LogP contribution is -2.03. The molecule has 96 valence electrons. The Balaban J connectivity index is 0. The molecule has 0 N–H and O–H groups in total. The maximum absolute atomic E-state index is 3.84. The molecule has 0 amide bonds. The molecule has 0 saturated heterocycles. The van der Waals surface area contributed by atoms with Gasteiger partial charge in [0.1, 0.15) is 0 Å². The Bertz CT molecular complexity index is 169. The summed E-state index contributed by atoms with van der Waals surface area (Å²) in [5, 5.41) is 0. The van der Waals surface area contributed by atoms with E-state index in [1.807, 2.05) is 6.08 Å². The van der Waals surface area contributed by atoms with Crippen molar-refractivity contribution in [3.8, 4) is 0 Å². The topological polar surface area (TPSA) is 0 Å². The molecule has 0 heteroatoms. The Labute approximate surface area is 104 Å². The summed E-state index contributed by atoms with van der Waals surface area (Å²) in [5.41, 5.74) is 1.70. The number of hydrogen-bond acceptors (Lipinski definition) is 0. The first-order valence-corrected chi connectivity index (χ1v) is 6.58. The second-order valence-electron chi connectivity index (χ2n) is 5.83. The van der Waals surface area contributed by atoms with Crippen molar-refractivity contribution in [1.29, 1.82) is 0 Å². The van der Waals surface area contributed by atoms with E-state index in [9.17, 15) is 0 Å². The highest BCUT2D eigenvalue weighted by atomic mass is 14.1. The molecule has 0 radical (unpaired) electrons. The summed E-state index contributed by atoms with van der Waals surface area (Å²) >= 11 is 0. The lowest BCUT2D eigenvalue weighted by Gasteiger charge is -2.17. The van der Waals surface area contributed by atoms with E-state index in [4.69, 9.17) is 0 Å². The second kappa shape index (κ2) is 11.0. The van der Waals surface area contributed by atoms with Crippen molar-refractivity contribution >= 4 is 0 Å². The zero-order valence-corrected chi connectivity index (χ0v) is 12.2. The highest BCUT2D eigenvalue weighted by molar-refractivity contribution is 4.91. The first kappa shape index (κ1) is 17.9. The molecular weight excluding hydrogens is 192 g/mol. The van der Waals surface area contributed by atoms with Crippen molar-refractivity contribution in [1.82, 2.24) is 0 Å². The fourth-order valence-corrected chi connectivity index (χ4v) is 1.62. The van der Waals surface area contributed by atoms with E-state index in [1.165, 1.54) is 37.7 Å². The van der Waals surface area contributed by atoms with Gasteiger partial charge in [-0.05, 0) is 31.6 Å². The summed E-state index contributed by atoms with van der Waals surface area (Å²) < 4.78 is 0. The van der Waals surface area contributed by atoms with Gasteiger partial charge in [0.2, 0.25) is 0 Å². The van der Waals surface area contributed by atoms with Crippen molar-refractivity contribution < 1.29 is 0 Å². The van der Waals surface area contributed by atoms with Crippen molar-refractivity contribution in [3.05, 3.63) is 24.8 Å². The molecule has 0 rings (SSSR count). The number of hydrogen-bond donors (Lipinski definition) is 0. The van der Waals surface area contributed by atoms with Crippen LogP contribution in [-0.4, -0.2) is 0 Å². The minimum atomic E-state index is 0.422. The third-order valence-corrected chi connectivity index (χ3v) is 2.09. The Morgan fingerprint density at radius 3 is 1.94 bits per heavy atom. The monoisotopic (exact) mass is 224 g/mol. The predicted molar refractivity (Wildman–Crippen MR) is 77.8 cm³/mol. The quantitative estimate of drug-likeness (QED) is 0.375. The van der Waals surface area contributed by atoms with Crippen molar-refractivity contribution in [2.75, 3.05) is 0 Å². The first-order chi connectivity index (χ1) is 7.33. The summed E-state index contributed by atoms with van der Waals surface area (Å²) in [7, 11) is 0. The molecule has 0 unspecified atom stereocenters. The normalized spacial score (nSPS) is 10.3. The molecule has 0 aromatic carbocycles. The molecule has 0 atom stereocenters. The zero-order chi connectivity index (χ0) is 13.0. The van der Waals surface area contributed by atoms with Gasteiger partial charge in [-0.3, -0.25) is 0 Å². The summed E-state index contributed by atoms with van der Waals surface area (Å²) in [5.74, 6) is 0. The van der Waals surface area contributed by atoms with E-state index in [2.05, 4.69) is 47.8 Å². The highest BCUT2D eigenvalue weighted by Gasteiger charge is 2.08. The van der Waals surface area contributed by atoms with Crippen molar-refractivity contribution in [2.24, 2.45) is 5.41 Å². The first-order valence-electron chi connectivity index (χ1n) is 6.58. The van der Waals surface area contributed by atoms with Crippen LogP contribution >= 0.6 is 0 Å². The van der Waals surface area contributed by atoms with Crippen LogP contribution in [0.1, 0.15) is 73.1 Å². The Hall–Kier alpha value is -0.520. The molecule has 0 bridgehead atoms. The van der Waals surface area contributed by atoms with Gasteiger partial charge < -0.3 is 0 Å². The molecule has 0 spiro atoms. The summed E-state index contributed by atoms with van der Waals surface area (Å²) in [4.78, 5) is 0. The van der Waals surface area contributed by atoms with Crippen LogP contribution in [0.2, 0.25) is 0 Å². The minimum absolute atomic E-state index is 0.422. The Morgan fingerprint density at radius 2 is 1.69 bits per heavy atom. The standard InChI is InChI=1S/2C8H16/c1-7(2)6-8(3,4)5;1-3-5-7-8-6-4-2/h1,6H2,2-5H3;3H,1,4-8H2,2H3. The highest BCUT2D eigenvalue weighted by Crippen LogP contribution is 2.22. The van der Waals surface area contributed by atoms with E-state index in [0.717, 1.165) is 6.42 Å². The van der Waals surface area contributed by atoms with Crippen LogP contribution in [0.4, 0.5) is 0 Å². The Kier molecular flexibility index (Phi) is 12.3. The van der Waals surface area contributed by atoms with Gasteiger partial charge in [-0.1, -0.05) is 58.6 Å². The van der Waals surface area contributed by atoms with E-state index < -0.39 is 0 Å². The van der Waals surface area contributed by atoms with Crippen LogP contribution < -0.4 is 0 Å². The number of unbranched alkanes of at least 4 members (excludes halogenated alkanes) is 4. The van der Waals surface area contributed by atoms with E-state index >= 15 is 0 Å². The zero-order valence-electron chi connectivity index (χ0n) is 12.2. The van der Waals surface area contributed by atoms with Gasteiger partial charge in [0, 0.05) is 0 Å².